The van der Waals surface area contributed by atoms with Crippen molar-refractivity contribution in [1.82, 2.24) is 9.80 Å². The molecule has 100 valence electrons. The molecule has 0 heterocycles. The molecule has 0 bridgehead atoms. The molecule has 2 N–H and O–H groups in total. The summed E-state index contributed by atoms with van der Waals surface area (Å²) in [5.41, 5.74) is 5.76. The molecule has 0 spiro atoms. The first-order chi connectivity index (χ1) is 7.84. The van der Waals surface area contributed by atoms with E-state index in [2.05, 4.69) is 0 Å². The molecule has 0 unspecified atom stereocenters. The van der Waals surface area contributed by atoms with E-state index >= 15 is 0 Å². The van der Waals surface area contributed by atoms with Gasteiger partial charge in [-0.25, -0.2) is 0 Å². The fourth-order valence-electron chi connectivity index (χ4n) is 1.50. The summed E-state index contributed by atoms with van der Waals surface area (Å²) >= 11 is 0. The topological polar surface area (TPSA) is 66.6 Å². The van der Waals surface area contributed by atoms with Gasteiger partial charge in [-0.15, -0.1) is 0 Å². The predicted molar refractivity (Wildman–Crippen MR) is 68.4 cm³/mol. The molecule has 0 aromatic heterocycles. The molecule has 5 heteroatoms. The molecule has 0 rings (SSSR count). The maximum absolute atomic E-state index is 11.8. The van der Waals surface area contributed by atoms with Gasteiger partial charge in [0.2, 0.25) is 11.8 Å². The van der Waals surface area contributed by atoms with Crippen molar-refractivity contribution in [3.8, 4) is 0 Å². The molecule has 0 saturated heterocycles. The Morgan fingerprint density at radius 2 is 1.65 bits per heavy atom. The van der Waals surface area contributed by atoms with Crippen molar-refractivity contribution in [3.63, 3.8) is 0 Å². The monoisotopic (exact) mass is 243 g/mol. The fourth-order valence-corrected chi connectivity index (χ4v) is 1.50. The third kappa shape index (κ3) is 4.73. The van der Waals surface area contributed by atoms with Gasteiger partial charge in [-0.05, 0) is 19.8 Å². The van der Waals surface area contributed by atoms with Crippen LogP contribution in [0.25, 0.3) is 0 Å². The number of carbonyl (C=O) groups excluding carboxylic acids is 2. The highest BCUT2D eigenvalue weighted by atomic mass is 16.2. The van der Waals surface area contributed by atoms with Gasteiger partial charge in [0.15, 0.2) is 0 Å². The van der Waals surface area contributed by atoms with Gasteiger partial charge >= 0.3 is 0 Å². The summed E-state index contributed by atoms with van der Waals surface area (Å²) in [6.45, 7) is 9.04. The molecule has 1 atom stereocenters. The highest BCUT2D eigenvalue weighted by molar-refractivity contribution is 5.87. The fraction of sp³-hybridized carbons (Fsp3) is 0.833. The van der Waals surface area contributed by atoms with E-state index in [0.29, 0.717) is 13.1 Å². The molecular formula is C12H25N3O2. The third-order valence-electron chi connectivity index (χ3n) is 2.87. The van der Waals surface area contributed by atoms with Gasteiger partial charge in [-0.1, -0.05) is 13.8 Å². The van der Waals surface area contributed by atoms with Crippen LogP contribution in [0.1, 0.15) is 27.7 Å². The Bertz CT molecular complexity index is 262. The van der Waals surface area contributed by atoms with E-state index in [1.54, 1.807) is 11.9 Å². The average Bonchev–Trinajstić information content (AvgIpc) is 2.28. The van der Waals surface area contributed by atoms with Gasteiger partial charge in [0, 0.05) is 20.1 Å². The lowest BCUT2D eigenvalue weighted by Gasteiger charge is -2.26. The van der Waals surface area contributed by atoms with Gasteiger partial charge in [0.25, 0.3) is 0 Å². The lowest BCUT2D eigenvalue weighted by Crippen LogP contribution is -2.48. The van der Waals surface area contributed by atoms with Crippen molar-refractivity contribution < 1.29 is 9.59 Å². The maximum Gasteiger partial charge on any atom is 0.242 e. The molecule has 0 radical (unpaired) electrons. The quantitative estimate of drug-likeness (QED) is 0.729. The van der Waals surface area contributed by atoms with Crippen LogP contribution in [0.15, 0.2) is 0 Å². The molecule has 0 aromatic carbocycles. The van der Waals surface area contributed by atoms with E-state index in [0.717, 1.165) is 0 Å². The van der Waals surface area contributed by atoms with Crippen molar-refractivity contribution in [2.75, 3.05) is 26.7 Å². The van der Waals surface area contributed by atoms with Crippen molar-refractivity contribution in [1.29, 1.82) is 0 Å². The summed E-state index contributed by atoms with van der Waals surface area (Å²) in [6, 6.07) is -0.537. The third-order valence-corrected chi connectivity index (χ3v) is 2.87. The summed E-state index contributed by atoms with van der Waals surface area (Å²) in [6.07, 6.45) is 0. The predicted octanol–water partition coefficient (Wildman–Crippen LogP) is 0.297. The molecule has 5 nitrogen and oxygen atoms in total. The van der Waals surface area contributed by atoms with Gasteiger partial charge in [-0.2, -0.15) is 0 Å². The number of carbonyl (C=O) groups is 2. The second-order valence-corrected chi connectivity index (χ2v) is 4.53. The number of nitrogens with two attached hydrogens (primary N) is 1. The average molecular weight is 243 g/mol. The minimum absolute atomic E-state index is 0.0400. The van der Waals surface area contributed by atoms with Crippen molar-refractivity contribution >= 4 is 11.8 Å². The smallest absolute Gasteiger partial charge is 0.242 e. The van der Waals surface area contributed by atoms with E-state index in [9.17, 15) is 9.59 Å². The maximum atomic E-state index is 11.8. The van der Waals surface area contributed by atoms with Crippen LogP contribution < -0.4 is 5.73 Å². The van der Waals surface area contributed by atoms with Crippen LogP contribution in [0.4, 0.5) is 0 Å². The number of likely N-dealkylation sites (N-methyl/N-ethyl adjacent to an activating group) is 2. The summed E-state index contributed by atoms with van der Waals surface area (Å²) in [5, 5.41) is 0. The minimum Gasteiger partial charge on any atom is -0.342 e. The molecule has 0 saturated carbocycles. The van der Waals surface area contributed by atoms with Gasteiger partial charge in [0.05, 0.1) is 12.6 Å². The molecule has 17 heavy (non-hydrogen) atoms. The van der Waals surface area contributed by atoms with Crippen LogP contribution in [0.3, 0.4) is 0 Å². The van der Waals surface area contributed by atoms with Crippen LogP contribution in [-0.2, 0) is 9.59 Å². The lowest BCUT2D eigenvalue weighted by atomic mass is 10.0. The van der Waals surface area contributed by atoms with E-state index in [-0.39, 0.29) is 24.3 Å². The van der Waals surface area contributed by atoms with Crippen LogP contribution >= 0.6 is 0 Å². The van der Waals surface area contributed by atoms with Crippen LogP contribution in [0.5, 0.6) is 0 Å². The molecule has 0 aliphatic carbocycles. The van der Waals surface area contributed by atoms with Crippen LogP contribution in [0.2, 0.25) is 0 Å². The Kier molecular flexibility index (Phi) is 6.80. The number of hydrogen-bond donors (Lipinski definition) is 1. The number of nitrogens with zero attached hydrogens (tertiary/aromatic N) is 2. The summed E-state index contributed by atoms with van der Waals surface area (Å²) in [4.78, 5) is 26.8. The standard InChI is InChI=1S/C12H25N3O2/c1-6-15(7-2)10(16)8-14(5)12(17)11(13)9(3)4/h9,11H,6-8,13H2,1-5H3/t11-/m0/s1. The molecule has 2 amide bonds. The number of hydrogen-bond acceptors (Lipinski definition) is 3. The summed E-state index contributed by atoms with van der Waals surface area (Å²) < 4.78 is 0. The minimum atomic E-state index is -0.537. The van der Waals surface area contributed by atoms with Crippen LogP contribution in [0, 0.1) is 5.92 Å². The SMILES string of the molecule is CCN(CC)C(=O)CN(C)C(=O)[C@@H](N)C(C)C. The van der Waals surface area contributed by atoms with Gasteiger partial charge in [-0.3, -0.25) is 9.59 Å². The summed E-state index contributed by atoms with van der Waals surface area (Å²) in [5.74, 6) is -0.143. The Labute approximate surface area is 104 Å². The Balaban J connectivity index is 4.39. The van der Waals surface area contributed by atoms with Crippen LogP contribution in [-0.4, -0.2) is 54.3 Å². The lowest BCUT2D eigenvalue weighted by molar-refractivity contribution is -0.140. The highest BCUT2D eigenvalue weighted by Crippen LogP contribution is 2.02. The van der Waals surface area contributed by atoms with Gasteiger partial charge < -0.3 is 15.5 Å². The van der Waals surface area contributed by atoms with E-state index in [1.807, 2.05) is 27.7 Å². The Hall–Kier alpha value is -1.10. The molecule has 0 aliphatic heterocycles. The van der Waals surface area contributed by atoms with Crippen molar-refractivity contribution in [3.05, 3.63) is 0 Å². The summed E-state index contributed by atoms with van der Waals surface area (Å²) in [7, 11) is 1.62. The zero-order chi connectivity index (χ0) is 13.6. The zero-order valence-electron chi connectivity index (χ0n) is 11.6. The Morgan fingerprint density at radius 1 is 1.18 bits per heavy atom. The molecule has 0 aliphatic rings. The van der Waals surface area contributed by atoms with E-state index in [4.69, 9.17) is 5.73 Å². The van der Waals surface area contributed by atoms with Gasteiger partial charge in [0.1, 0.15) is 0 Å². The first kappa shape index (κ1) is 15.9. The highest BCUT2D eigenvalue weighted by Gasteiger charge is 2.23. The first-order valence-electron chi connectivity index (χ1n) is 6.13. The molecule has 0 aromatic rings. The number of amides is 2. The second-order valence-electron chi connectivity index (χ2n) is 4.53. The normalized spacial score (nSPS) is 12.4. The van der Waals surface area contributed by atoms with Crippen molar-refractivity contribution in [2.45, 2.75) is 33.7 Å². The zero-order valence-corrected chi connectivity index (χ0v) is 11.6. The molecular weight excluding hydrogens is 218 g/mol. The van der Waals surface area contributed by atoms with Crippen molar-refractivity contribution in [2.24, 2.45) is 11.7 Å². The molecule has 0 fully saturated rings. The Morgan fingerprint density at radius 3 is 2.00 bits per heavy atom. The largest absolute Gasteiger partial charge is 0.342 e. The van der Waals surface area contributed by atoms with E-state index in [1.165, 1.54) is 4.90 Å². The second kappa shape index (κ2) is 7.27. The van der Waals surface area contributed by atoms with E-state index < -0.39 is 6.04 Å². The number of rotatable bonds is 6. The first-order valence-corrected chi connectivity index (χ1v) is 6.13.